The first kappa shape index (κ1) is 20.3. The van der Waals surface area contributed by atoms with E-state index >= 15 is 0 Å². The summed E-state index contributed by atoms with van der Waals surface area (Å²) in [5, 5.41) is 18.2. The lowest BCUT2D eigenvalue weighted by atomic mass is 10.2. The van der Waals surface area contributed by atoms with Crippen molar-refractivity contribution in [2.24, 2.45) is 10.2 Å². The molecule has 3 aromatic carbocycles. The number of sulfonamides is 1. The van der Waals surface area contributed by atoms with E-state index in [4.69, 9.17) is 0 Å². The maximum absolute atomic E-state index is 12.7. The minimum atomic E-state index is -3.90. The van der Waals surface area contributed by atoms with Gasteiger partial charge in [-0.25, -0.2) is 8.42 Å². The standard InChI is InChI=1S/C22H18N4O4S/c1-14-10-12-15(13-11-14)31(29,30)26-19-9-5-3-7-17(19)21(27)25-24-20-16-6-2-4-8-18(16)23-22(20)28/h2-13,23,26,28H,1H3. The first-order valence-electron chi connectivity index (χ1n) is 9.29. The largest absolute Gasteiger partial charge is 0.493 e. The predicted molar refractivity (Wildman–Crippen MR) is 117 cm³/mol. The van der Waals surface area contributed by atoms with E-state index in [0.29, 0.717) is 10.9 Å². The Morgan fingerprint density at radius 2 is 1.65 bits per heavy atom. The van der Waals surface area contributed by atoms with Crippen molar-refractivity contribution in [2.45, 2.75) is 11.8 Å². The molecule has 0 aliphatic heterocycles. The molecule has 0 fully saturated rings. The zero-order valence-electron chi connectivity index (χ0n) is 16.4. The predicted octanol–water partition coefficient (Wildman–Crippen LogP) is 4.91. The highest BCUT2D eigenvalue weighted by atomic mass is 32.2. The maximum Gasteiger partial charge on any atom is 0.297 e. The van der Waals surface area contributed by atoms with Gasteiger partial charge in [0.25, 0.3) is 15.9 Å². The summed E-state index contributed by atoms with van der Waals surface area (Å²) in [6, 6.07) is 19.5. The number of fused-ring (bicyclic) bond motifs is 1. The number of aryl methyl sites for hydroxylation is 1. The molecule has 0 radical (unpaired) electrons. The Balaban J connectivity index is 1.63. The molecule has 0 aliphatic carbocycles. The number of rotatable bonds is 5. The summed E-state index contributed by atoms with van der Waals surface area (Å²) < 4.78 is 27.9. The third kappa shape index (κ3) is 4.17. The quantitative estimate of drug-likeness (QED) is 0.386. The number of nitrogens with one attached hydrogen (secondary N) is 2. The fraction of sp³-hybridized carbons (Fsp3) is 0.0455. The van der Waals surface area contributed by atoms with Crippen LogP contribution in [0.15, 0.2) is 87.9 Å². The highest BCUT2D eigenvalue weighted by molar-refractivity contribution is 7.92. The molecule has 4 aromatic rings. The average molecular weight is 434 g/mol. The first-order chi connectivity index (χ1) is 14.8. The summed E-state index contributed by atoms with van der Waals surface area (Å²) in [5.41, 5.74) is 1.81. The molecule has 8 nitrogen and oxygen atoms in total. The van der Waals surface area contributed by atoms with Crippen LogP contribution in [-0.4, -0.2) is 24.4 Å². The van der Waals surface area contributed by atoms with Crippen molar-refractivity contribution in [3.05, 3.63) is 83.9 Å². The van der Waals surface area contributed by atoms with Crippen LogP contribution < -0.4 is 4.72 Å². The molecule has 0 atom stereocenters. The molecule has 0 saturated heterocycles. The van der Waals surface area contributed by atoms with Crippen molar-refractivity contribution < 1.29 is 18.3 Å². The molecule has 0 saturated carbocycles. The highest BCUT2D eigenvalue weighted by Gasteiger charge is 2.19. The van der Waals surface area contributed by atoms with Gasteiger partial charge in [-0.2, -0.15) is 0 Å². The van der Waals surface area contributed by atoms with Gasteiger partial charge in [0.1, 0.15) is 0 Å². The van der Waals surface area contributed by atoms with Gasteiger partial charge in [0.15, 0.2) is 5.69 Å². The topological polar surface area (TPSA) is 124 Å². The summed E-state index contributed by atoms with van der Waals surface area (Å²) in [4.78, 5) is 15.5. The zero-order valence-corrected chi connectivity index (χ0v) is 17.2. The molecule has 1 amide bonds. The lowest BCUT2D eigenvalue weighted by Crippen LogP contribution is -2.15. The Morgan fingerprint density at radius 1 is 0.968 bits per heavy atom. The van der Waals surface area contributed by atoms with Crippen LogP contribution in [0.5, 0.6) is 5.88 Å². The molecule has 3 N–H and O–H groups in total. The maximum atomic E-state index is 12.7. The zero-order chi connectivity index (χ0) is 22.0. The number of azo groups is 1. The summed E-state index contributed by atoms with van der Waals surface area (Å²) in [6.45, 7) is 1.86. The number of nitrogens with zero attached hydrogens (tertiary/aromatic N) is 2. The second-order valence-electron chi connectivity index (χ2n) is 6.84. The van der Waals surface area contributed by atoms with Crippen LogP contribution in [0.4, 0.5) is 11.4 Å². The van der Waals surface area contributed by atoms with E-state index in [0.717, 1.165) is 5.56 Å². The van der Waals surface area contributed by atoms with Crippen molar-refractivity contribution in [1.82, 2.24) is 4.98 Å². The SMILES string of the molecule is Cc1ccc(S(=O)(=O)Nc2ccccc2C(=O)N=Nc2c(O)[nH]c3ccccc23)cc1. The van der Waals surface area contributed by atoms with Crippen LogP contribution in [-0.2, 0) is 10.0 Å². The van der Waals surface area contributed by atoms with Crippen LogP contribution in [0.1, 0.15) is 15.9 Å². The van der Waals surface area contributed by atoms with Crippen LogP contribution in [0.25, 0.3) is 10.9 Å². The van der Waals surface area contributed by atoms with Gasteiger partial charge in [-0.05, 0) is 37.3 Å². The number of hydrogen-bond donors (Lipinski definition) is 3. The van der Waals surface area contributed by atoms with Gasteiger partial charge in [0, 0.05) is 5.39 Å². The molecule has 1 aromatic heterocycles. The Bertz CT molecular complexity index is 1410. The monoisotopic (exact) mass is 434 g/mol. The van der Waals surface area contributed by atoms with Gasteiger partial charge < -0.3 is 10.1 Å². The van der Waals surface area contributed by atoms with E-state index in [2.05, 4.69) is 19.9 Å². The fourth-order valence-corrected chi connectivity index (χ4v) is 4.12. The van der Waals surface area contributed by atoms with Gasteiger partial charge in [0.05, 0.1) is 21.7 Å². The third-order valence-corrected chi connectivity index (χ3v) is 6.01. The summed E-state index contributed by atoms with van der Waals surface area (Å²) in [5.74, 6) is -0.974. The Hall–Kier alpha value is -3.98. The lowest BCUT2D eigenvalue weighted by molar-refractivity contribution is 0.0996. The van der Waals surface area contributed by atoms with Crippen LogP contribution >= 0.6 is 0 Å². The lowest BCUT2D eigenvalue weighted by Gasteiger charge is -2.10. The van der Waals surface area contributed by atoms with Crippen LogP contribution in [0.2, 0.25) is 0 Å². The molecule has 0 spiro atoms. The number of aromatic nitrogens is 1. The number of aromatic hydroxyl groups is 1. The number of hydrogen-bond acceptors (Lipinski definition) is 5. The van der Waals surface area contributed by atoms with Crippen molar-refractivity contribution in [3.63, 3.8) is 0 Å². The van der Waals surface area contributed by atoms with Gasteiger partial charge >= 0.3 is 0 Å². The number of carbonyl (C=O) groups excluding carboxylic acids is 1. The van der Waals surface area contributed by atoms with E-state index in [9.17, 15) is 18.3 Å². The second-order valence-corrected chi connectivity index (χ2v) is 8.52. The first-order valence-corrected chi connectivity index (χ1v) is 10.8. The molecule has 0 bridgehead atoms. The second kappa shape index (κ2) is 8.04. The fourth-order valence-electron chi connectivity index (χ4n) is 3.04. The summed E-state index contributed by atoms with van der Waals surface area (Å²) >= 11 is 0. The molecule has 0 aliphatic rings. The summed E-state index contributed by atoms with van der Waals surface area (Å²) in [7, 11) is -3.90. The van der Waals surface area contributed by atoms with E-state index in [1.54, 1.807) is 48.5 Å². The molecular weight excluding hydrogens is 416 g/mol. The molecule has 0 unspecified atom stereocenters. The van der Waals surface area contributed by atoms with Crippen molar-refractivity contribution in [1.29, 1.82) is 0 Å². The van der Waals surface area contributed by atoms with E-state index in [-0.39, 0.29) is 27.7 Å². The van der Waals surface area contributed by atoms with Gasteiger partial charge in [-0.15, -0.1) is 10.2 Å². The van der Waals surface area contributed by atoms with Crippen molar-refractivity contribution in [3.8, 4) is 5.88 Å². The molecular formula is C22H18N4O4S. The minimum Gasteiger partial charge on any atom is -0.493 e. The Kier molecular flexibility index (Phi) is 5.26. The van der Waals surface area contributed by atoms with E-state index < -0.39 is 15.9 Å². The van der Waals surface area contributed by atoms with Crippen molar-refractivity contribution in [2.75, 3.05) is 4.72 Å². The number of H-pyrrole nitrogens is 1. The average Bonchev–Trinajstić information content (AvgIpc) is 3.07. The van der Waals surface area contributed by atoms with E-state index in [1.807, 2.05) is 6.92 Å². The summed E-state index contributed by atoms with van der Waals surface area (Å²) in [6.07, 6.45) is 0. The number of carbonyl (C=O) groups is 1. The van der Waals surface area contributed by atoms with Gasteiger partial charge in [0.2, 0.25) is 5.88 Å². The van der Waals surface area contributed by atoms with Crippen LogP contribution in [0.3, 0.4) is 0 Å². The number of benzene rings is 3. The van der Waals surface area contributed by atoms with Crippen LogP contribution in [0, 0.1) is 6.92 Å². The Labute approximate surface area is 178 Å². The number of amides is 1. The van der Waals surface area contributed by atoms with E-state index in [1.165, 1.54) is 24.3 Å². The molecule has 31 heavy (non-hydrogen) atoms. The smallest absolute Gasteiger partial charge is 0.297 e. The Morgan fingerprint density at radius 3 is 2.42 bits per heavy atom. The van der Waals surface area contributed by atoms with Gasteiger partial charge in [-0.1, -0.05) is 48.0 Å². The van der Waals surface area contributed by atoms with Crippen molar-refractivity contribution >= 4 is 38.2 Å². The minimum absolute atomic E-state index is 0.0290. The molecule has 156 valence electrons. The number of para-hydroxylation sites is 2. The van der Waals surface area contributed by atoms with Gasteiger partial charge in [-0.3, -0.25) is 9.52 Å². The normalized spacial score (nSPS) is 11.8. The number of anilines is 1. The number of aromatic amines is 1. The molecule has 1 heterocycles. The third-order valence-electron chi connectivity index (χ3n) is 4.63. The highest BCUT2D eigenvalue weighted by Crippen LogP contribution is 2.35. The molecule has 9 heteroatoms. The molecule has 4 rings (SSSR count).